The van der Waals surface area contributed by atoms with Crippen molar-refractivity contribution < 1.29 is 84.1 Å². The molecule has 0 saturated heterocycles. The van der Waals surface area contributed by atoms with Crippen LogP contribution in [0, 0.1) is 11.6 Å². The molecule has 0 radical (unpaired) electrons. The average Bonchev–Trinajstić information content (AvgIpc) is 2.82. The van der Waals surface area contributed by atoms with E-state index in [0.29, 0.717) is 0 Å². The standard InChI is InChI=1S/C21H9F17N2O2/c22-4-2-17(28,20(33,34)35)15(39)11(26)13(4)41-6-1-7(9(24)10(25)8(6)19(30,31)32)42-14-5(23)3-18(29,21(36,37)38)16(40)12(14)27/h1-3,15-16H,39-40H2. The number of allylic oxidation sites excluding steroid dienone is 2. The Morgan fingerprint density at radius 2 is 0.952 bits per heavy atom. The summed E-state index contributed by atoms with van der Waals surface area (Å²) in [7, 11) is 0. The minimum atomic E-state index is -6.10. The predicted octanol–water partition coefficient (Wildman–Crippen LogP) is 7.03. The summed E-state index contributed by atoms with van der Waals surface area (Å²) in [6.45, 7) is 0. The third-order valence-corrected chi connectivity index (χ3v) is 5.71. The van der Waals surface area contributed by atoms with Crippen LogP contribution in [0.1, 0.15) is 5.56 Å². The van der Waals surface area contributed by atoms with E-state index in [1.807, 2.05) is 0 Å². The first-order valence-corrected chi connectivity index (χ1v) is 10.3. The first-order chi connectivity index (χ1) is 18.8. The van der Waals surface area contributed by atoms with E-state index in [1.165, 1.54) is 0 Å². The van der Waals surface area contributed by atoms with Crippen LogP contribution in [0.3, 0.4) is 0 Å². The molecule has 4 N–H and O–H groups in total. The van der Waals surface area contributed by atoms with E-state index in [9.17, 15) is 74.6 Å². The molecule has 4 nitrogen and oxygen atoms in total. The number of alkyl halides is 11. The van der Waals surface area contributed by atoms with Crippen molar-refractivity contribution in [3.63, 3.8) is 0 Å². The molecule has 0 saturated carbocycles. The average molecular weight is 644 g/mol. The monoisotopic (exact) mass is 644 g/mol. The van der Waals surface area contributed by atoms with Gasteiger partial charge in [-0.25, -0.2) is 30.7 Å². The first-order valence-electron chi connectivity index (χ1n) is 10.3. The van der Waals surface area contributed by atoms with Crippen molar-refractivity contribution >= 4 is 0 Å². The third kappa shape index (κ3) is 5.15. The summed E-state index contributed by atoms with van der Waals surface area (Å²) in [6, 6.07) is -7.55. The second-order valence-electron chi connectivity index (χ2n) is 8.40. The number of hydrogen-bond donors (Lipinski definition) is 2. The minimum Gasteiger partial charge on any atom is -0.451 e. The van der Waals surface area contributed by atoms with Gasteiger partial charge in [0, 0.05) is 18.2 Å². The van der Waals surface area contributed by atoms with Crippen molar-refractivity contribution in [3.05, 3.63) is 70.2 Å². The highest BCUT2D eigenvalue weighted by atomic mass is 19.4. The van der Waals surface area contributed by atoms with Crippen molar-refractivity contribution in [2.45, 2.75) is 42.0 Å². The van der Waals surface area contributed by atoms with Crippen LogP contribution in [0.5, 0.6) is 11.5 Å². The Labute approximate surface area is 220 Å². The van der Waals surface area contributed by atoms with Gasteiger partial charge in [-0.2, -0.15) is 43.9 Å². The van der Waals surface area contributed by atoms with Gasteiger partial charge >= 0.3 is 18.5 Å². The molecule has 1 aromatic carbocycles. The van der Waals surface area contributed by atoms with Gasteiger partial charge in [0.05, 0.1) is 0 Å². The normalized spacial score (nSPS) is 27.7. The Bertz CT molecular complexity index is 1420. The molecule has 0 aromatic heterocycles. The van der Waals surface area contributed by atoms with Crippen LogP contribution >= 0.6 is 0 Å². The lowest BCUT2D eigenvalue weighted by molar-refractivity contribution is -0.218. The van der Waals surface area contributed by atoms with Crippen LogP contribution in [-0.2, 0) is 6.18 Å². The van der Waals surface area contributed by atoms with Crippen molar-refractivity contribution in [2.24, 2.45) is 11.5 Å². The Balaban J connectivity index is 2.18. The van der Waals surface area contributed by atoms with Crippen LogP contribution in [0.25, 0.3) is 0 Å². The second kappa shape index (κ2) is 10.1. The van der Waals surface area contributed by atoms with Gasteiger partial charge in [0.15, 0.2) is 46.4 Å². The third-order valence-electron chi connectivity index (χ3n) is 5.71. The number of hydrogen-bond acceptors (Lipinski definition) is 4. The second-order valence-corrected chi connectivity index (χ2v) is 8.40. The van der Waals surface area contributed by atoms with Crippen LogP contribution < -0.4 is 20.9 Å². The highest BCUT2D eigenvalue weighted by Gasteiger charge is 2.64. The maximum atomic E-state index is 14.5. The van der Waals surface area contributed by atoms with E-state index in [-0.39, 0.29) is 0 Å². The SMILES string of the molecule is NC1C(F)=C(Oc2cc(OC3=C(F)C(N)C(F)(C(F)(F)F)C=C3F)c(C(F)(F)F)c(F)c2F)C(F)=CC1(F)C(F)(F)F. The summed E-state index contributed by atoms with van der Waals surface area (Å²) < 4.78 is 241. The maximum Gasteiger partial charge on any atom is 0.428 e. The smallest absolute Gasteiger partial charge is 0.428 e. The first kappa shape index (κ1) is 33.0. The molecule has 3 rings (SSSR count). The molecular formula is C21H9F17N2O2. The molecule has 0 fully saturated rings. The molecule has 0 bridgehead atoms. The Morgan fingerprint density at radius 3 is 1.29 bits per heavy atom. The van der Waals surface area contributed by atoms with E-state index in [4.69, 9.17) is 11.5 Å². The quantitative estimate of drug-likeness (QED) is 0.346. The van der Waals surface area contributed by atoms with Crippen molar-refractivity contribution in [2.75, 3.05) is 0 Å². The van der Waals surface area contributed by atoms with Gasteiger partial charge in [-0.15, -0.1) is 0 Å². The number of nitrogens with two attached hydrogens (primary N) is 2. The van der Waals surface area contributed by atoms with Crippen molar-refractivity contribution in [1.29, 1.82) is 0 Å². The molecule has 2 aliphatic rings. The van der Waals surface area contributed by atoms with Crippen LogP contribution in [0.4, 0.5) is 74.6 Å². The zero-order valence-electron chi connectivity index (χ0n) is 19.3. The van der Waals surface area contributed by atoms with Gasteiger partial charge in [-0.05, 0) is 0 Å². The van der Waals surface area contributed by atoms with E-state index in [2.05, 4.69) is 9.47 Å². The van der Waals surface area contributed by atoms with Gasteiger partial charge in [0.2, 0.25) is 17.2 Å². The summed E-state index contributed by atoms with van der Waals surface area (Å²) in [5.74, 6) is -25.7. The summed E-state index contributed by atoms with van der Waals surface area (Å²) >= 11 is 0. The van der Waals surface area contributed by atoms with E-state index < -0.39 is 124 Å². The molecule has 21 heteroatoms. The molecule has 0 amide bonds. The molecule has 1 aromatic rings. The fourth-order valence-corrected chi connectivity index (χ4v) is 3.49. The molecule has 0 aliphatic heterocycles. The van der Waals surface area contributed by atoms with Crippen molar-refractivity contribution in [3.8, 4) is 11.5 Å². The molecule has 0 spiro atoms. The fraction of sp³-hybridized carbons (Fsp3) is 0.333. The summed E-state index contributed by atoms with van der Waals surface area (Å²) in [5, 5.41) is 0. The molecule has 4 unspecified atom stereocenters. The van der Waals surface area contributed by atoms with E-state index in [1.54, 1.807) is 0 Å². The van der Waals surface area contributed by atoms with Crippen LogP contribution in [0.15, 0.2) is 53.0 Å². The molecule has 4 atom stereocenters. The molecule has 234 valence electrons. The summed E-state index contributed by atoms with van der Waals surface area (Å²) in [5.41, 5.74) is -3.31. The fourth-order valence-electron chi connectivity index (χ4n) is 3.49. The lowest BCUT2D eigenvalue weighted by Gasteiger charge is -2.33. The van der Waals surface area contributed by atoms with Gasteiger partial charge in [0.1, 0.15) is 23.4 Å². The summed E-state index contributed by atoms with van der Waals surface area (Å²) in [4.78, 5) is 0. The summed E-state index contributed by atoms with van der Waals surface area (Å²) in [6.07, 6.45) is -20.3. The van der Waals surface area contributed by atoms with Gasteiger partial charge < -0.3 is 20.9 Å². The van der Waals surface area contributed by atoms with E-state index in [0.717, 1.165) is 0 Å². The Hall–Kier alpha value is -3.49. The largest absolute Gasteiger partial charge is 0.451 e. The number of halogens is 17. The lowest BCUT2D eigenvalue weighted by atomic mass is 9.89. The molecule has 2 aliphatic carbocycles. The van der Waals surface area contributed by atoms with Crippen LogP contribution in [0.2, 0.25) is 0 Å². The van der Waals surface area contributed by atoms with Gasteiger partial charge in [0.25, 0.3) is 0 Å². The molecule has 42 heavy (non-hydrogen) atoms. The lowest BCUT2D eigenvalue weighted by Crippen LogP contribution is -2.55. The topological polar surface area (TPSA) is 70.5 Å². The van der Waals surface area contributed by atoms with Crippen molar-refractivity contribution in [1.82, 2.24) is 0 Å². The number of ether oxygens (including phenoxy) is 2. The molecule has 0 heterocycles. The highest BCUT2D eigenvalue weighted by Crippen LogP contribution is 2.49. The van der Waals surface area contributed by atoms with E-state index >= 15 is 0 Å². The number of rotatable bonds is 4. The number of benzene rings is 1. The predicted molar refractivity (Wildman–Crippen MR) is 103 cm³/mol. The Kier molecular flexibility index (Phi) is 7.91. The highest BCUT2D eigenvalue weighted by molar-refractivity contribution is 5.50. The molecular weight excluding hydrogens is 635 g/mol. The minimum absolute atomic E-state index is 0.554. The van der Waals surface area contributed by atoms with Gasteiger partial charge in [-0.1, -0.05) is 0 Å². The zero-order chi connectivity index (χ0) is 32.5. The van der Waals surface area contributed by atoms with Crippen LogP contribution in [-0.4, -0.2) is 35.8 Å². The zero-order valence-corrected chi connectivity index (χ0v) is 19.3. The van der Waals surface area contributed by atoms with Gasteiger partial charge in [-0.3, -0.25) is 0 Å². The maximum absolute atomic E-state index is 14.5. The Morgan fingerprint density at radius 1 is 0.595 bits per heavy atom.